The molecule has 0 amide bonds. The first kappa shape index (κ1) is 13.9. The number of rotatable bonds is 4. The zero-order chi connectivity index (χ0) is 13.9. The van der Waals surface area contributed by atoms with E-state index in [4.69, 9.17) is 0 Å². The molecule has 1 fully saturated rings. The van der Waals surface area contributed by atoms with Crippen molar-refractivity contribution in [2.45, 2.75) is 31.7 Å². The summed E-state index contributed by atoms with van der Waals surface area (Å²) >= 11 is 0. The van der Waals surface area contributed by atoms with Crippen LogP contribution in [-0.2, 0) is 6.42 Å². The number of nitrogens with zero attached hydrogens (tertiary/aromatic N) is 3. The van der Waals surface area contributed by atoms with Gasteiger partial charge in [0.05, 0.1) is 6.07 Å². The van der Waals surface area contributed by atoms with E-state index < -0.39 is 0 Å². The standard InChI is InChI=1S/C16H23N3/c1-16(13-17,19-10-4-5-11-19)12-14-6-8-15(9-7-14)18(2)3/h6-9H,4-5,10-12H2,1-3H3. The Morgan fingerprint density at radius 3 is 2.26 bits per heavy atom. The number of anilines is 1. The minimum atomic E-state index is -0.365. The fraction of sp³-hybridized carbons (Fsp3) is 0.562. The van der Waals surface area contributed by atoms with Gasteiger partial charge in [0.2, 0.25) is 0 Å². The third-order valence-corrected chi connectivity index (χ3v) is 4.05. The summed E-state index contributed by atoms with van der Waals surface area (Å²) in [6, 6.07) is 11.0. The average molecular weight is 257 g/mol. The van der Waals surface area contributed by atoms with Crippen LogP contribution < -0.4 is 4.90 Å². The summed E-state index contributed by atoms with van der Waals surface area (Å²) in [6.07, 6.45) is 3.24. The third-order valence-electron chi connectivity index (χ3n) is 4.05. The SMILES string of the molecule is CN(C)c1ccc(CC(C)(C#N)N2CCCC2)cc1. The molecule has 0 N–H and O–H groups in total. The van der Waals surface area contributed by atoms with Crippen molar-refractivity contribution in [2.75, 3.05) is 32.1 Å². The van der Waals surface area contributed by atoms with E-state index >= 15 is 0 Å². The number of likely N-dealkylation sites (tertiary alicyclic amines) is 1. The Morgan fingerprint density at radius 1 is 1.21 bits per heavy atom. The molecule has 102 valence electrons. The zero-order valence-corrected chi connectivity index (χ0v) is 12.2. The van der Waals surface area contributed by atoms with E-state index in [0.717, 1.165) is 19.5 Å². The summed E-state index contributed by atoms with van der Waals surface area (Å²) < 4.78 is 0. The Bertz CT molecular complexity index is 452. The van der Waals surface area contributed by atoms with Crippen molar-refractivity contribution in [1.82, 2.24) is 4.90 Å². The van der Waals surface area contributed by atoms with Gasteiger partial charge in [0, 0.05) is 26.2 Å². The van der Waals surface area contributed by atoms with Crippen LogP contribution in [0, 0.1) is 11.3 Å². The predicted octanol–water partition coefficient (Wildman–Crippen LogP) is 2.67. The van der Waals surface area contributed by atoms with Gasteiger partial charge in [0.15, 0.2) is 0 Å². The summed E-state index contributed by atoms with van der Waals surface area (Å²) in [7, 11) is 4.08. The number of benzene rings is 1. The molecular weight excluding hydrogens is 234 g/mol. The molecule has 1 unspecified atom stereocenters. The van der Waals surface area contributed by atoms with Crippen LogP contribution in [0.1, 0.15) is 25.3 Å². The molecule has 1 aliphatic rings. The average Bonchev–Trinajstić information content (AvgIpc) is 2.93. The van der Waals surface area contributed by atoms with Gasteiger partial charge in [0.1, 0.15) is 5.54 Å². The molecule has 0 aromatic heterocycles. The van der Waals surface area contributed by atoms with Gasteiger partial charge in [-0.05, 0) is 50.6 Å². The third kappa shape index (κ3) is 3.08. The lowest BCUT2D eigenvalue weighted by Gasteiger charge is -2.32. The van der Waals surface area contributed by atoms with Crippen LogP contribution in [0.25, 0.3) is 0 Å². The van der Waals surface area contributed by atoms with Gasteiger partial charge in [0.25, 0.3) is 0 Å². The van der Waals surface area contributed by atoms with E-state index in [1.165, 1.54) is 24.1 Å². The lowest BCUT2D eigenvalue weighted by Crippen LogP contribution is -2.45. The second kappa shape index (κ2) is 5.63. The van der Waals surface area contributed by atoms with Crippen molar-refractivity contribution in [1.29, 1.82) is 5.26 Å². The predicted molar refractivity (Wildman–Crippen MR) is 79.3 cm³/mol. The normalized spacial score (nSPS) is 18.8. The van der Waals surface area contributed by atoms with Crippen molar-refractivity contribution in [3.05, 3.63) is 29.8 Å². The Balaban J connectivity index is 2.12. The summed E-state index contributed by atoms with van der Waals surface area (Å²) in [4.78, 5) is 4.42. The fourth-order valence-corrected chi connectivity index (χ4v) is 2.74. The summed E-state index contributed by atoms with van der Waals surface area (Å²) in [5, 5.41) is 9.55. The second-order valence-electron chi connectivity index (χ2n) is 5.82. The molecular formula is C16H23N3. The maximum Gasteiger partial charge on any atom is 0.110 e. The highest BCUT2D eigenvalue weighted by Gasteiger charge is 2.33. The van der Waals surface area contributed by atoms with E-state index in [9.17, 15) is 5.26 Å². The molecule has 0 spiro atoms. The topological polar surface area (TPSA) is 30.3 Å². The molecule has 3 heteroatoms. The minimum Gasteiger partial charge on any atom is -0.378 e. The fourth-order valence-electron chi connectivity index (χ4n) is 2.74. The van der Waals surface area contributed by atoms with Crippen LogP contribution >= 0.6 is 0 Å². The Labute approximate surface area is 116 Å². The molecule has 0 bridgehead atoms. The molecule has 19 heavy (non-hydrogen) atoms. The van der Waals surface area contributed by atoms with Gasteiger partial charge < -0.3 is 4.90 Å². The van der Waals surface area contributed by atoms with Gasteiger partial charge in [-0.1, -0.05) is 12.1 Å². The quantitative estimate of drug-likeness (QED) is 0.830. The highest BCUT2D eigenvalue weighted by Crippen LogP contribution is 2.25. The second-order valence-corrected chi connectivity index (χ2v) is 5.82. The molecule has 0 aliphatic carbocycles. The van der Waals surface area contributed by atoms with Crippen molar-refractivity contribution in [3.63, 3.8) is 0 Å². The monoisotopic (exact) mass is 257 g/mol. The number of hydrogen-bond acceptors (Lipinski definition) is 3. The van der Waals surface area contributed by atoms with Crippen molar-refractivity contribution < 1.29 is 0 Å². The van der Waals surface area contributed by atoms with E-state index in [-0.39, 0.29) is 5.54 Å². The summed E-state index contributed by atoms with van der Waals surface area (Å²) in [6.45, 7) is 4.18. The summed E-state index contributed by atoms with van der Waals surface area (Å²) in [5.74, 6) is 0. The number of nitriles is 1. The molecule has 1 aliphatic heterocycles. The first-order chi connectivity index (χ1) is 9.05. The van der Waals surface area contributed by atoms with Crippen LogP contribution in [0.3, 0.4) is 0 Å². The Hall–Kier alpha value is -1.53. The lowest BCUT2D eigenvalue weighted by molar-refractivity contribution is 0.191. The van der Waals surface area contributed by atoms with Gasteiger partial charge in [-0.15, -0.1) is 0 Å². The molecule has 0 saturated carbocycles. The van der Waals surface area contributed by atoms with Crippen LogP contribution in [0.5, 0.6) is 0 Å². The molecule has 1 saturated heterocycles. The number of hydrogen-bond donors (Lipinski definition) is 0. The lowest BCUT2D eigenvalue weighted by atomic mass is 9.92. The Morgan fingerprint density at radius 2 is 1.79 bits per heavy atom. The highest BCUT2D eigenvalue weighted by molar-refractivity contribution is 5.46. The van der Waals surface area contributed by atoms with E-state index in [0.29, 0.717) is 0 Å². The van der Waals surface area contributed by atoms with Crippen molar-refractivity contribution in [3.8, 4) is 6.07 Å². The molecule has 0 radical (unpaired) electrons. The zero-order valence-electron chi connectivity index (χ0n) is 12.2. The molecule has 1 aromatic carbocycles. The van der Waals surface area contributed by atoms with E-state index in [1.807, 2.05) is 14.1 Å². The van der Waals surface area contributed by atoms with Gasteiger partial charge in [-0.2, -0.15) is 5.26 Å². The minimum absolute atomic E-state index is 0.365. The van der Waals surface area contributed by atoms with Crippen LogP contribution in [0.4, 0.5) is 5.69 Å². The van der Waals surface area contributed by atoms with Crippen molar-refractivity contribution in [2.24, 2.45) is 0 Å². The first-order valence-electron chi connectivity index (χ1n) is 6.98. The van der Waals surface area contributed by atoms with Crippen LogP contribution in [-0.4, -0.2) is 37.6 Å². The smallest absolute Gasteiger partial charge is 0.110 e. The molecule has 1 atom stereocenters. The van der Waals surface area contributed by atoms with Gasteiger partial charge in [-0.25, -0.2) is 0 Å². The van der Waals surface area contributed by atoms with Crippen LogP contribution in [0.2, 0.25) is 0 Å². The van der Waals surface area contributed by atoms with Gasteiger partial charge >= 0.3 is 0 Å². The molecule has 1 aromatic rings. The molecule has 1 heterocycles. The molecule has 2 rings (SSSR count). The molecule has 3 nitrogen and oxygen atoms in total. The van der Waals surface area contributed by atoms with Gasteiger partial charge in [-0.3, -0.25) is 4.90 Å². The van der Waals surface area contributed by atoms with Crippen LogP contribution in [0.15, 0.2) is 24.3 Å². The van der Waals surface area contributed by atoms with E-state index in [2.05, 4.69) is 47.1 Å². The highest BCUT2D eigenvalue weighted by atomic mass is 15.2. The maximum absolute atomic E-state index is 9.55. The Kier molecular flexibility index (Phi) is 4.11. The van der Waals surface area contributed by atoms with Crippen molar-refractivity contribution >= 4 is 5.69 Å². The van der Waals surface area contributed by atoms with E-state index in [1.54, 1.807) is 0 Å². The maximum atomic E-state index is 9.55. The largest absolute Gasteiger partial charge is 0.378 e. The summed E-state index contributed by atoms with van der Waals surface area (Å²) in [5.41, 5.74) is 2.07. The first-order valence-corrected chi connectivity index (χ1v) is 6.98.